The lowest BCUT2D eigenvalue weighted by atomic mass is 9.84. The molecule has 0 radical (unpaired) electrons. The van der Waals surface area contributed by atoms with Gasteiger partial charge < -0.3 is 4.43 Å². The summed E-state index contributed by atoms with van der Waals surface area (Å²) in [5, 5.41) is 2.64. The Morgan fingerprint density at radius 3 is 1.41 bits per heavy atom. The largest absolute Gasteiger partial charge is 0.411 e. The van der Waals surface area contributed by atoms with E-state index in [2.05, 4.69) is 178 Å². The topological polar surface area (TPSA) is 9.23 Å². The minimum absolute atomic E-state index is 0.0552. The van der Waals surface area contributed by atoms with Crippen molar-refractivity contribution in [3.05, 3.63) is 71.1 Å². The first-order valence-corrected chi connectivity index (χ1v) is 35.9. The lowest BCUT2D eigenvalue weighted by Crippen LogP contribution is -2.79. The van der Waals surface area contributed by atoms with Crippen molar-refractivity contribution < 1.29 is 4.43 Å². The number of hydrogen-bond acceptors (Lipinski definition) is 1. The quantitative estimate of drug-likeness (QED) is 0.225. The van der Waals surface area contributed by atoms with E-state index < -0.39 is 46.8 Å². The fourth-order valence-corrected chi connectivity index (χ4v) is 75.0. The summed E-state index contributed by atoms with van der Waals surface area (Å²) in [6, 6.07) is 22.6. The van der Waals surface area contributed by atoms with Crippen molar-refractivity contribution in [2.24, 2.45) is 5.41 Å². The van der Waals surface area contributed by atoms with Crippen LogP contribution in [0.4, 0.5) is 0 Å². The Balaban J connectivity index is 2.68. The van der Waals surface area contributed by atoms with Crippen molar-refractivity contribution in [3.63, 3.8) is 0 Å². The Hall–Kier alpha value is -0.999. The van der Waals surface area contributed by atoms with Gasteiger partial charge in [0.25, 0.3) is 0 Å². The van der Waals surface area contributed by atoms with E-state index in [0.29, 0.717) is 0 Å². The fourth-order valence-electron chi connectivity index (χ4n) is 8.09. The molecule has 0 N–H and O–H groups in total. The summed E-state index contributed by atoms with van der Waals surface area (Å²) in [4.78, 5) is 1.79. The molecule has 0 fully saturated rings. The van der Waals surface area contributed by atoms with E-state index in [0.717, 1.165) is 0 Å². The average Bonchev–Trinajstić information content (AvgIpc) is 3.19. The molecule has 3 rings (SSSR count). The van der Waals surface area contributed by atoms with Crippen LogP contribution in [0.1, 0.15) is 20.8 Å². The van der Waals surface area contributed by atoms with E-state index in [9.17, 15) is 0 Å². The van der Waals surface area contributed by atoms with E-state index in [1.165, 1.54) is 15.9 Å². The molecule has 0 aliphatic carbocycles. The molecule has 0 spiro atoms. The summed E-state index contributed by atoms with van der Waals surface area (Å²) in [5.41, 5.74) is 5.46. The highest BCUT2D eigenvalue weighted by Gasteiger charge is 2.74. The van der Waals surface area contributed by atoms with Gasteiger partial charge >= 0.3 is 0 Å². The van der Waals surface area contributed by atoms with Gasteiger partial charge in [0.2, 0.25) is 0 Å². The third-order valence-electron chi connectivity index (χ3n) is 9.60. The predicted octanol–water partition coefficient (Wildman–Crippen LogP) is 8.61. The van der Waals surface area contributed by atoms with Crippen LogP contribution in [0.5, 0.6) is 0 Å². The Kier molecular flexibility index (Phi) is 9.14. The van der Waals surface area contributed by atoms with Crippen molar-refractivity contribution in [3.8, 4) is 11.5 Å². The van der Waals surface area contributed by atoms with Gasteiger partial charge in [-0.3, -0.25) is 0 Å². The van der Waals surface area contributed by atoms with Crippen LogP contribution in [-0.2, 0) is 4.43 Å². The highest BCUT2D eigenvalue weighted by molar-refractivity contribution is 7.71. The average molecular weight is 651 g/mol. The second-order valence-electron chi connectivity index (χ2n) is 17.4. The van der Waals surface area contributed by atoms with Crippen molar-refractivity contribution in [2.45, 2.75) is 111 Å². The predicted molar refractivity (Wildman–Crippen MR) is 201 cm³/mol. The maximum atomic E-state index is 8.40. The molecule has 7 heteroatoms. The Labute approximate surface area is 259 Å². The Bertz CT molecular complexity index is 1310. The summed E-state index contributed by atoms with van der Waals surface area (Å²) >= 11 is 0. The zero-order valence-corrected chi connectivity index (χ0v) is 35.2. The lowest BCUT2D eigenvalue weighted by Gasteiger charge is -2.57. The van der Waals surface area contributed by atoms with E-state index in [4.69, 9.17) is 4.43 Å². The molecule has 1 unspecified atom stereocenters. The molecule has 2 aromatic carbocycles. The molecule has 1 atom stereocenters. The van der Waals surface area contributed by atoms with Gasteiger partial charge in [-0.25, -0.2) is 0 Å². The number of benzene rings is 2. The van der Waals surface area contributed by atoms with Crippen molar-refractivity contribution in [1.82, 2.24) is 0 Å². The summed E-state index contributed by atoms with van der Waals surface area (Å²) < 4.78 is 8.40. The second kappa shape index (κ2) is 10.9. The van der Waals surface area contributed by atoms with Crippen LogP contribution >= 0.6 is 0 Å². The van der Waals surface area contributed by atoms with E-state index in [1.807, 2.05) is 0 Å². The number of rotatable bonds is 6. The first-order valence-electron chi connectivity index (χ1n) is 15.5. The molecule has 1 heterocycles. The molecule has 0 aromatic heterocycles. The first kappa shape index (κ1) is 34.5. The maximum absolute atomic E-state index is 8.40. The van der Waals surface area contributed by atoms with Gasteiger partial charge in [-0.05, 0) is 10.6 Å². The molecule has 41 heavy (non-hydrogen) atoms. The third-order valence-corrected chi connectivity index (χ3v) is 57.3. The zero-order valence-electron chi connectivity index (χ0n) is 29.2. The minimum Gasteiger partial charge on any atom is -0.411 e. The third kappa shape index (κ3) is 5.67. The highest BCUT2D eigenvalue weighted by Crippen LogP contribution is 2.59. The van der Waals surface area contributed by atoms with Crippen molar-refractivity contribution in [1.29, 1.82) is 0 Å². The summed E-state index contributed by atoms with van der Waals surface area (Å²) in [7, 11) is -12.2. The van der Waals surface area contributed by atoms with Gasteiger partial charge in [0.1, 0.15) is 8.07 Å². The van der Waals surface area contributed by atoms with Gasteiger partial charge in [-0.1, -0.05) is 182 Å². The summed E-state index contributed by atoms with van der Waals surface area (Å²) in [6.07, 6.45) is 0. The number of hydrogen-bond donors (Lipinski definition) is 0. The molecule has 1 aliphatic rings. The Morgan fingerprint density at radius 2 is 1.05 bits per heavy atom. The van der Waals surface area contributed by atoms with Crippen LogP contribution in [0.3, 0.4) is 0 Å². The molecule has 0 amide bonds. The van der Waals surface area contributed by atoms with E-state index in [1.54, 1.807) is 4.82 Å². The molecular formula is C34H58OSi6. The van der Waals surface area contributed by atoms with Gasteiger partial charge in [-0.15, -0.1) is 5.54 Å². The van der Waals surface area contributed by atoms with Crippen LogP contribution in [0.15, 0.2) is 71.1 Å². The van der Waals surface area contributed by atoms with Crippen molar-refractivity contribution in [2.75, 3.05) is 0 Å². The SMILES string of the molecule is CC(C)(C)C1([Si](C)(C)C)O[Si]([Si](C)(C)C)([Si](C)(C)C)C([Si](C)(C)c2ccccc2)=C1C#C[Si](C)(C)c1ccccc1. The van der Waals surface area contributed by atoms with Gasteiger partial charge in [-0.2, -0.15) is 0 Å². The van der Waals surface area contributed by atoms with E-state index in [-0.39, 0.29) is 10.6 Å². The molecule has 0 saturated heterocycles. The molecule has 0 saturated carbocycles. The van der Waals surface area contributed by atoms with Crippen molar-refractivity contribution >= 4 is 57.1 Å². The second-order valence-corrected chi connectivity index (χ2v) is 57.3. The molecular weight excluding hydrogens is 593 g/mol. The van der Waals surface area contributed by atoms with Crippen LogP contribution in [0, 0.1) is 16.9 Å². The normalized spacial score (nSPS) is 20.6. The first-order chi connectivity index (χ1) is 18.4. The molecule has 1 aliphatic heterocycles. The van der Waals surface area contributed by atoms with Gasteiger partial charge in [0, 0.05) is 5.57 Å². The van der Waals surface area contributed by atoms with E-state index >= 15 is 0 Å². The molecule has 224 valence electrons. The fraction of sp³-hybridized carbons (Fsp3) is 0.529. The Morgan fingerprint density at radius 1 is 0.634 bits per heavy atom. The van der Waals surface area contributed by atoms with Gasteiger partial charge in [0.15, 0.2) is 15.4 Å². The molecule has 2 aromatic rings. The van der Waals surface area contributed by atoms with Crippen LogP contribution in [-0.4, -0.2) is 52.0 Å². The van der Waals surface area contributed by atoms with Crippen LogP contribution < -0.4 is 10.4 Å². The standard InChI is InChI=1S/C34H58OSi6/c1-33(2,3)34(36(4,5)6)31(27-28-39(13,14)29-23-19-17-20-24-29)32(40(15,16)30-25-21-18-22-26-30)41(35-34,37(7,8)9)38(10,11)12/h17-26H,1-16H3. The van der Waals surface area contributed by atoms with Gasteiger partial charge in [0.05, 0.1) is 28.5 Å². The summed E-state index contributed by atoms with van der Waals surface area (Å²) in [5.74, 6) is 4.16. The zero-order chi connectivity index (χ0) is 31.5. The van der Waals surface area contributed by atoms with Crippen LogP contribution in [0.2, 0.25) is 85.1 Å². The maximum Gasteiger partial charge on any atom is 0.191 e. The highest BCUT2D eigenvalue weighted by atomic mass is 29.7. The minimum atomic E-state index is -2.41. The lowest BCUT2D eigenvalue weighted by molar-refractivity contribution is 0.0781. The molecule has 0 bridgehead atoms. The van der Waals surface area contributed by atoms with Crippen LogP contribution in [0.25, 0.3) is 0 Å². The monoisotopic (exact) mass is 650 g/mol. The summed E-state index contributed by atoms with van der Waals surface area (Å²) in [6.45, 7) is 41.0. The molecule has 1 nitrogen and oxygen atoms in total. The smallest absolute Gasteiger partial charge is 0.191 e.